The molecule has 676 valence electrons. The summed E-state index contributed by atoms with van der Waals surface area (Å²) in [6.07, 6.45) is 12.0. The molecule has 9 aliphatic rings. The highest BCUT2D eigenvalue weighted by atomic mass is 19.4. The number of anilines is 4. The predicted molar refractivity (Wildman–Crippen MR) is 459 cm³/mol. The minimum atomic E-state index is -4.27. The van der Waals surface area contributed by atoms with Crippen molar-refractivity contribution in [3.8, 4) is 23.0 Å². The Hall–Kier alpha value is -13.1. The van der Waals surface area contributed by atoms with Gasteiger partial charge in [0, 0.05) is 173 Å². The summed E-state index contributed by atoms with van der Waals surface area (Å²) in [6.45, 7) is 14.7. The zero-order valence-electron chi connectivity index (χ0n) is 69.0. The maximum absolute atomic E-state index is 12.7. The SMILES string of the molecule is C.C1COCCN1.CC(C)OC(=O)c1c(N)oc(C=C2C=Nc3ncccc32)c1O.CC(C)OC(=O)c1c(NN2CCN(CC(F)(F)F)CC2)oc(C=C2C=Nc3ncccc32)c1O.CCOC(=O)c1c(NN2CCN(CC(F)(F)F)CC2)oc(C=C2C=Nc3ncccc32)c1O.O=C(OCC1CC1)c1c(NN2CCOCC2)oc(C=C2C=Nc3ncccc32)c1O. The standard InChI is InChI=1S/C22H24F3N5O4.C21H22F3N5O4.C21H22N4O5.C16H15N3O4.C4H9NO.CH4/c1-13(2)33-21(32)17-18(31)16(10-14-11-27-19-15(14)4-3-5-26-19)34-20(17)28-30-8-6-29(7-9-30)12-22(23,24)25;1-2-32-20(31)16-17(30)15(10-13-11-26-18-14(13)4-3-5-25-18)33-19(16)27-29-8-6-28(7-9-29)12-21(22,23)24;26-18-16(10-14-11-23-19-15(14)2-1-5-22-19)30-20(24-25-6-8-28-9-7-25)17(18)21(27)29-12-13-3-4-13;1-8(2)22-16(21)12-13(20)11(23-14(12)17)6-9-7-19-15-10(9)4-3-5-18-15;1-3-6-4-2-5-1;/h3-5,10-11,13,28,31H,6-9,12H2,1-2H3;3-5,10-11,27,30H,2,6-9,12H2,1H3;1-2,5,10-11,13,24,26H,3-4,6-9,12H2;3-8,20H,17H2,1-2H3;5H,1-4H2;1H4. The molecule has 16 heterocycles. The number of fused-ring (bicyclic) bond motifs is 4. The van der Waals surface area contributed by atoms with Crippen LogP contribution in [0.4, 0.5) is 73.2 Å². The summed E-state index contributed by atoms with van der Waals surface area (Å²) in [6, 6.07) is 14.5. The first kappa shape index (κ1) is 93.1. The predicted octanol–water partition coefficient (Wildman–Crippen LogP) is 12.9. The van der Waals surface area contributed by atoms with Crippen molar-refractivity contribution in [2.45, 2.75) is 79.4 Å². The van der Waals surface area contributed by atoms with Gasteiger partial charge in [-0.15, -0.1) is 0 Å². The molecule has 42 heteroatoms. The van der Waals surface area contributed by atoms with Crippen LogP contribution in [-0.2, 0) is 28.4 Å². The molecule has 127 heavy (non-hydrogen) atoms. The lowest BCUT2D eigenvalue weighted by Gasteiger charge is -2.34. The summed E-state index contributed by atoms with van der Waals surface area (Å²) in [5.41, 5.74) is 19.8. The number of rotatable bonds is 21. The fourth-order valence-electron chi connectivity index (χ4n) is 13.4. The number of carbonyl (C=O) groups excluding carboxylic acids is 4. The summed E-state index contributed by atoms with van der Waals surface area (Å²) in [5, 5.41) is 50.9. The van der Waals surface area contributed by atoms with Crippen LogP contribution in [0.1, 0.15) is 142 Å². The first-order valence-corrected chi connectivity index (χ1v) is 40.3. The van der Waals surface area contributed by atoms with E-state index in [1.165, 1.54) is 22.0 Å². The van der Waals surface area contributed by atoms with Crippen LogP contribution in [0, 0.1) is 5.92 Å². The molecule has 0 unspecified atom stereocenters. The third kappa shape index (κ3) is 24.5. The number of hydrogen-bond acceptors (Lipinski definition) is 36. The lowest BCUT2D eigenvalue weighted by molar-refractivity contribution is -0.149. The van der Waals surface area contributed by atoms with Crippen LogP contribution in [0.25, 0.3) is 46.6 Å². The van der Waals surface area contributed by atoms with Gasteiger partial charge in [0.15, 0.2) is 91.6 Å². The number of aromatic hydroxyl groups is 4. The van der Waals surface area contributed by atoms with Gasteiger partial charge in [0.2, 0.25) is 23.5 Å². The fraction of sp³-hybridized carbons (Fsp3) is 0.388. The number of aromatic nitrogens is 4. The first-order valence-electron chi connectivity index (χ1n) is 40.3. The van der Waals surface area contributed by atoms with Crippen molar-refractivity contribution in [3.63, 3.8) is 0 Å². The van der Waals surface area contributed by atoms with Gasteiger partial charge in [-0.3, -0.25) is 26.1 Å². The first-order chi connectivity index (χ1) is 60.5. The number of alkyl halides is 6. The minimum absolute atomic E-state index is 0. The van der Waals surface area contributed by atoms with Gasteiger partial charge in [0.25, 0.3) is 0 Å². The summed E-state index contributed by atoms with van der Waals surface area (Å²) in [7, 11) is 0. The summed E-state index contributed by atoms with van der Waals surface area (Å²) in [5.74, 6) is -1.62. The van der Waals surface area contributed by atoms with E-state index in [0.29, 0.717) is 78.8 Å². The molecule has 0 aromatic carbocycles. The molecule has 0 radical (unpaired) electrons. The van der Waals surface area contributed by atoms with E-state index in [4.69, 9.17) is 51.8 Å². The second-order valence-electron chi connectivity index (χ2n) is 29.8. The van der Waals surface area contributed by atoms with Gasteiger partial charge in [0.1, 0.15) is 0 Å². The number of nitrogens with zero attached hydrogens (tertiary/aromatic N) is 13. The van der Waals surface area contributed by atoms with E-state index >= 15 is 0 Å². The molecule has 0 spiro atoms. The summed E-state index contributed by atoms with van der Waals surface area (Å²) < 4.78 is 130. The quantitative estimate of drug-likeness (QED) is 0.0183. The Labute approximate surface area is 723 Å². The summed E-state index contributed by atoms with van der Waals surface area (Å²) >= 11 is 0. The highest BCUT2D eigenvalue weighted by Gasteiger charge is 2.38. The Morgan fingerprint density at radius 1 is 0.480 bits per heavy atom. The van der Waals surface area contributed by atoms with E-state index in [1.807, 2.05) is 35.3 Å². The van der Waals surface area contributed by atoms with Gasteiger partial charge < -0.3 is 77.6 Å². The third-order valence-electron chi connectivity index (χ3n) is 19.6. The van der Waals surface area contributed by atoms with E-state index in [0.717, 1.165) is 67.0 Å². The number of furan rings is 4. The van der Waals surface area contributed by atoms with E-state index in [1.54, 1.807) is 125 Å². The molecule has 36 nitrogen and oxygen atoms in total. The molecule has 8 aliphatic heterocycles. The van der Waals surface area contributed by atoms with Gasteiger partial charge in [-0.05, 0) is 126 Å². The highest BCUT2D eigenvalue weighted by Crippen LogP contribution is 2.44. The van der Waals surface area contributed by atoms with Gasteiger partial charge >= 0.3 is 36.2 Å². The van der Waals surface area contributed by atoms with Crippen molar-refractivity contribution in [3.05, 3.63) is 141 Å². The zero-order valence-corrected chi connectivity index (χ0v) is 69.0. The number of carbonyl (C=O) groups is 4. The maximum atomic E-state index is 12.7. The number of ether oxygens (including phenoxy) is 6. The van der Waals surface area contributed by atoms with Gasteiger partial charge in [-0.25, -0.2) is 74.1 Å². The van der Waals surface area contributed by atoms with Crippen LogP contribution >= 0.6 is 0 Å². The molecule has 17 rings (SSSR count). The molecular weight excluding hydrogens is 1680 g/mol. The molecule has 4 saturated heterocycles. The van der Waals surface area contributed by atoms with E-state index in [2.05, 4.69) is 61.5 Å². The van der Waals surface area contributed by atoms with E-state index in [9.17, 15) is 65.9 Å². The van der Waals surface area contributed by atoms with Crippen LogP contribution in [0.5, 0.6) is 23.0 Å². The van der Waals surface area contributed by atoms with Gasteiger partial charge in [-0.1, -0.05) is 7.43 Å². The molecule has 1 aliphatic carbocycles. The Morgan fingerprint density at radius 2 is 0.803 bits per heavy atom. The Bertz CT molecular complexity index is 5470. The highest BCUT2D eigenvalue weighted by molar-refractivity contribution is 6.23. The van der Waals surface area contributed by atoms with Gasteiger partial charge in [0.05, 0.1) is 64.9 Å². The normalized spacial score (nSPS) is 17.9. The van der Waals surface area contributed by atoms with Crippen LogP contribution in [0.3, 0.4) is 0 Å². The Balaban J connectivity index is 0.000000151. The van der Waals surface area contributed by atoms with Crippen molar-refractivity contribution in [2.75, 3.05) is 153 Å². The molecule has 10 N–H and O–H groups in total. The number of esters is 4. The third-order valence-corrected chi connectivity index (χ3v) is 19.6. The second-order valence-corrected chi connectivity index (χ2v) is 29.8. The molecule has 0 bridgehead atoms. The number of nitrogens with one attached hydrogen (secondary N) is 4. The number of aliphatic imine (C=N–C) groups is 4. The van der Waals surface area contributed by atoms with Crippen LogP contribution in [-0.4, -0.2) is 270 Å². The zero-order chi connectivity index (χ0) is 89.3. The van der Waals surface area contributed by atoms with E-state index in [-0.39, 0.29) is 153 Å². The Morgan fingerprint density at radius 3 is 1.13 bits per heavy atom. The Kier molecular flexibility index (Phi) is 31.0. The van der Waals surface area contributed by atoms with Crippen molar-refractivity contribution in [1.82, 2.24) is 50.1 Å². The fourth-order valence-corrected chi connectivity index (χ4v) is 13.4. The van der Waals surface area contributed by atoms with Crippen molar-refractivity contribution >= 4 is 142 Å². The van der Waals surface area contributed by atoms with Crippen molar-refractivity contribution < 1.29 is 112 Å². The number of nitrogens with two attached hydrogens (primary N) is 1. The smallest absolute Gasteiger partial charge is 0.401 e. The molecule has 5 fully saturated rings. The molecule has 0 amide bonds. The largest absolute Gasteiger partial charge is 0.504 e. The number of hydrogen-bond donors (Lipinski definition) is 9. The van der Waals surface area contributed by atoms with Crippen molar-refractivity contribution in [2.24, 2.45) is 25.9 Å². The number of nitrogen functional groups attached to an aromatic ring is 1. The molecule has 0 atom stereocenters. The van der Waals surface area contributed by atoms with E-state index < -0.39 is 66.9 Å². The topological polar surface area (TPSA) is 448 Å². The average Bonchev–Trinajstić information content (AvgIpc) is 1.65. The van der Waals surface area contributed by atoms with Crippen LogP contribution in [0.15, 0.2) is 111 Å². The van der Waals surface area contributed by atoms with Crippen molar-refractivity contribution in [1.29, 1.82) is 0 Å². The van der Waals surface area contributed by atoms with Gasteiger partial charge in [-0.2, -0.15) is 26.3 Å². The molecule has 8 aromatic heterocycles. The minimum Gasteiger partial charge on any atom is -0.504 e. The number of piperazine rings is 2. The number of halogens is 6. The lowest BCUT2D eigenvalue weighted by Crippen LogP contribution is -2.50. The molecular formula is C85H96F6N18O18. The number of allylic oxidation sites excluding steroid dienone is 4. The lowest BCUT2D eigenvalue weighted by atomic mass is 10.1. The van der Waals surface area contributed by atoms with Crippen LogP contribution < -0.4 is 27.3 Å². The number of hydrazine groups is 3. The second kappa shape index (κ2) is 42.3. The monoisotopic (exact) mass is 1770 g/mol. The van der Waals surface area contributed by atoms with Crippen LogP contribution in [0.2, 0.25) is 0 Å². The molecule has 8 aromatic rings. The molecule has 1 saturated carbocycles. The maximum Gasteiger partial charge on any atom is 0.401 e. The summed E-state index contributed by atoms with van der Waals surface area (Å²) in [4.78, 5) is 86.0. The number of morpholine rings is 2. The number of pyridine rings is 4. The average molecular weight is 1770 g/mol.